The number of nitrogens with zero attached hydrogens (tertiary/aromatic N) is 1. The van der Waals surface area contributed by atoms with E-state index in [2.05, 4.69) is 10.2 Å². The van der Waals surface area contributed by atoms with Crippen LogP contribution in [-0.2, 0) is 16.1 Å². The number of morpholine rings is 1. The Hall–Kier alpha value is -1.10. The predicted octanol–water partition coefficient (Wildman–Crippen LogP) is 2.08. The first-order valence-corrected chi connectivity index (χ1v) is 6.93. The minimum absolute atomic E-state index is 0.178. The zero-order valence-corrected chi connectivity index (χ0v) is 11.8. The highest BCUT2D eigenvalue weighted by Gasteiger charge is 2.11. The van der Waals surface area contributed by atoms with Crippen molar-refractivity contribution >= 4 is 23.2 Å². The molecule has 5 heteroatoms. The van der Waals surface area contributed by atoms with Gasteiger partial charge >= 0.3 is 0 Å². The molecule has 1 amide bonds. The van der Waals surface area contributed by atoms with E-state index < -0.39 is 5.38 Å². The Morgan fingerprint density at radius 2 is 2.00 bits per heavy atom. The Labute approximate surface area is 118 Å². The molecule has 1 aromatic rings. The van der Waals surface area contributed by atoms with Crippen molar-refractivity contribution in [3.05, 3.63) is 29.8 Å². The SMILES string of the molecule is C[C@H](Cl)C(=O)Nc1ccc(CN2CCOCC2)cc1. The number of hydrogen-bond acceptors (Lipinski definition) is 3. The molecular weight excluding hydrogens is 264 g/mol. The summed E-state index contributed by atoms with van der Waals surface area (Å²) < 4.78 is 5.32. The molecule has 104 valence electrons. The van der Waals surface area contributed by atoms with Crippen LogP contribution in [0.25, 0.3) is 0 Å². The van der Waals surface area contributed by atoms with Gasteiger partial charge in [0, 0.05) is 25.3 Å². The van der Waals surface area contributed by atoms with Crippen LogP contribution in [0.5, 0.6) is 0 Å². The number of hydrogen-bond donors (Lipinski definition) is 1. The van der Waals surface area contributed by atoms with Gasteiger partial charge in [-0.2, -0.15) is 0 Å². The maximum atomic E-state index is 11.4. The number of carbonyl (C=O) groups excluding carboxylic acids is 1. The molecule has 1 fully saturated rings. The first-order valence-electron chi connectivity index (χ1n) is 6.49. The van der Waals surface area contributed by atoms with E-state index in [0.29, 0.717) is 0 Å². The van der Waals surface area contributed by atoms with Crippen LogP contribution in [0.1, 0.15) is 12.5 Å². The highest BCUT2D eigenvalue weighted by molar-refractivity contribution is 6.32. The summed E-state index contributed by atoms with van der Waals surface area (Å²) in [5.74, 6) is -0.178. The number of anilines is 1. The van der Waals surface area contributed by atoms with Crippen molar-refractivity contribution in [3.8, 4) is 0 Å². The molecule has 0 radical (unpaired) electrons. The van der Waals surface area contributed by atoms with E-state index in [0.717, 1.165) is 38.5 Å². The summed E-state index contributed by atoms with van der Waals surface area (Å²) in [5.41, 5.74) is 2.02. The zero-order chi connectivity index (χ0) is 13.7. The van der Waals surface area contributed by atoms with Crippen LogP contribution in [0.4, 0.5) is 5.69 Å². The lowest BCUT2D eigenvalue weighted by Gasteiger charge is -2.26. The summed E-state index contributed by atoms with van der Waals surface area (Å²) in [4.78, 5) is 13.8. The summed E-state index contributed by atoms with van der Waals surface area (Å²) in [5, 5.41) is 2.25. The number of amides is 1. The molecule has 0 spiro atoms. The van der Waals surface area contributed by atoms with Crippen molar-refractivity contribution < 1.29 is 9.53 Å². The van der Waals surface area contributed by atoms with E-state index in [-0.39, 0.29) is 5.91 Å². The summed E-state index contributed by atoms with van der Waals surface area (Å²) >= 11 is 5.71. The lowest BCUT2D eigenvalue weighted by Crippen LogP contribution is -2.35. The van der Waals surface area contributed by atoms with Gasteiger partial charge in [-0.1, -0.05) is 12.1 Å². The average molecular weight is 283 g/mol. The second-order valence-electron chi connectivity index (χ2n) is 4.69. The second-order valence-corrected chi connectivity index (χ2v) is 5.35. The Kier molecular flexibility index (Phi) is 5.19. The smallest absolute Gasteiger partial charge is 0.242 e. The molecule has 0 unspecified atom stereocenters. The van der Waals surface area contributed by atoms with Crippen molar-refractivity contribution in [2.75, 3.05) is 31.6 Å². The Bertz CT molecular complexity index is 414. The van der Waals surface area contributed by atoms with Crippen molar-refractivity contribution in [3.63, 3.8) is 0 Å². The largest absolute Gasteiger partial charge is 0.379 e. The fourth-order valence-corrected chi connectivity index (χ4v) is 2.01. The molecule has 1 heterocycles. The van der Waals surface area contributed by atoms with Gasteiger partial charge in [-0.15, -0.1) is 11.6 Å². The maximum Gasteiger partial charge on any atom is 0.242 e. The van der Waals surface area contributed by atoms with Crippen molar-refractivity contribution in [2.45, 2.75) is 18.8 Å². The van der Waals surface area contributed by atoms with E-state index in [9.17, 15) is 4.79 Å². The van der Waals surface area contributed by atoms with Gasteiger partial charge in [-0.25, -0.2) is 0 Å². The molecule has 19 heavy (non-hydrogen) atoms. The summed E-state index contributed by atoms with van der Waals surface area (Å²) in [6, 6.07) is 7.88. The van der Waals surface area contributed by atoms with Crippen LogP contribution >= 0.6 is 11.6 Å². The van der Waals surface area contributed by atoms with Crippen LogP contribution in [0.3, 0.4) is 0 Å². The topological polar surface area (TPSA) is 41.6 Å². The minimum Gasteiger partial charge on any atom is -0.379 e. The van der Waals surface area contributed by atoms with Crippen molar-refractivity contribution in [1.29, 1.82) is 0 Å². The average Bonchev–Trinajstić information content (AvgIpc) is 2.42. The van der Waals surface area contributed by atoms with Gasteiger partial charge in [0.25, 0.3) is 0 Å². The van der Waals surface area contributed by atoms with Crippen LogP contribution in [-0.4, -0.2) is 42.5 Å². The molecule has 1 atom stereocenters. The molecule has 1 aliphatic rings. The van der Waals surface area contributed by atoms with Crippen LogP contribution in [0, 0.1) is 0 Å². The van der Waals surface area contributed by atoms with Crippen LogP contribution in [0.2, 0.25) is 0 Å². The molecule has 0 aromatic heterocycles. The fourth-order valence-electron chi connectivity index (χ4n) is 1.95. The Morgan fingerprint density at radius 3 is 2.58 bits per heavy atom. The summed E-state index contributed by atoms with van der Waals surface area (Å²) in [7, 11) is 0. The number of alkyl halides is 1. The number of nitrogens with one attached hydrogen (secondary N) is 1. The first kappa shape index (κ1) is 14.3. The van der Waals surface area contributed by atoms with E-state index in [1.54, 1.807) is 6.92 Å². The quantitative estimate of drug-likeness (QED) is 0.860. The van der Waals surface area contributed by atoms with Crippen molar-refractivity contribution in [2.24, 2.45) is 0 Å². The molecule has 0 saturated carbocycles. The standard InChI is InChI=1S/C14H19ClN2O2/c1-11(15)14(18)16-13-4-2-12(3-5-13)10-17-6-8-19-9-7-17/h2-5,11H,6-10H2,1H3,(H,16,18)/t11-/m0/s1. The maximum absolute atomic E-state index is 11.4. The van der Waals surface area contributed by atoms with Gasteiger partial charge in [0.05, 0.1) is 13.2 Å². The fraction of sp³-hybridized carbons (Fsp3) is 0.500. The normalized spacial score (nSPS) is 18.0. The van der Waals surface area contributed by atoms with Gasteiger partial charge in [0.15, 0.2) is 0 Å². The number of carbonyl (C=O) groups is 1. The monoisotopic (exact) mass is 282 g/mol. The molecule has 2 rings (SSSR count). The van der Waals surface area contributed by atoms with E-state index in [4.69, 9.17) is 16.3 Å². The van der Waals surface area contributed by atoms with E-state index in [1.165, 1.54) is 5.56 Å². The molecule has 1 aromatic carbocycles. The molecule has 0 bridgehead atoms. The molecule has 0 aliphatic carbocycles. The van der Waals surface area contributed by atoms with E-state index in [1.807, 2.05) is 24.3 Å². The number of ether oxygens (including phenoxy) is 1. The zero-order valence-electron chi connectivity index (χ0n) is 11.1. The van der Waals surface area contributed by atoms with Gasteiger partial charge in [0.2, 0.25) is 5.91 Å². The van der Waals surface area contributed by atoms with Crippen LogP contribution in [0.15, 0.2) is 24.3 Å². The third-order valence-electron chi connectivity index (χ3n) is 3.09. The Morgan fingerprint density at radius 1 is 1.37 bits per heavy atom. The Balaban J connectivity index is 1.88. The molecule has 1 N–H and O–H groups in total. The lowest BCUT2D eigenvalue weighted by molar-refractivity contribution is -0.115. The number of rotatable bonds is 4. The van der Waals surface area contributed by atoms with Gasteiger partial charge in [0.1, 0.15) is 5.38 Å². The van der Waals surface area contributed by atoms with E-state index >= 15 is 0 Å². The summed E-state index contributed by atoms with van der Waals surface area (Å²) in [6.07, 6.45) is 0. The minimum atomic E-state index is -0.520. The summed E-state index contributed by atoms with van der Waals surface area (Å²) in [6.45, 7) is 6.14. The third-order valence-corrected chi connectivity index (χ3v) is 3.29. The molecular formula is C14H19ClN2O2. The first-order chi connectivity index (χ1) is 9.15. The van der Waals surface area contributed by atoms with Gasteiger partial charge in [-0.05, 0) is 24.6 Å². The predicted molar refractivity (Wildman–Crippen MR) is 76.5 cm³/mol. The lowest BCUT2D eigenvalue weighted by atomic mass is 10.2. The second kappa shape index (κ2) is 6.89. The molecule has 1 saturated heterocycles. The number of benzene rings is 1. The highest BCUT2D eigenvalue weighted by Crippen LogP contribution is 2.13. The van der Waals surface area contributed by atoms with Gasteiger partial charge in [-0.3, -0.25) is 9.69 Å². The van der Waals surface area contributed by atoms with Crippen molar-refractivity contribution in [1.82, 2.24) is 4.90 Å². The molecule has 1 aliphatic heterocycles. The van der Waals surface area contributed by atoms with Crippen LogP contribution < -0.4 is 5.32 Å². The van der Waals surface area contributed by atoms with Gasteiger partial charge < -0.3 is 10.1 Å². The number of halogens is 1. The highest BCUT2D eigenvalue weighted by atomic mass is 35.5. The molecule has 4 nitrogen and oxygen atoms in total. The third kappa shape index (κ3) is 4.49.